The summed E-state index contributed by atoms with van der Waals surface area (Å²) in [7, 11) is 0. The number of anilines is 1. The molecule has 0 aliphatic carbocycles. The van der Waals surface area contributed by atoms with Crippen molar-refractivity contribution in [2.24, 2.45) is 0 Å². The molecule has 2 aliphatic heterocycles. The molecule has 0 saturated carbocycles. The van der Waals surface area contributed by atoms with Crippen LogP contribution in [0.1, 0.15) is 40.9 Å². The van der Waals surface area contributed by atoms with E-state index < -0.39 is 0 Å². The van der Waals surface area contributed by atoms with Crippen LogP contribution >= 0.6 is 0 Å². The molecule has 2 aromatic rings. The number of ether oxygens (including phenoxy) is 1. The van der Waals surface area contributed by atoms with E-state index in [1.807, 2.05) is 0 Å². The van der Waals surface area contributed by atoms with Crippen molar-refractivity contribution in [3.8, 4) is 0 Å². The SMILES string of the molecule is O=C(NCCCN1CCc2ccccc2C1)c1cc(NC2CCOCC2)ncn1. The van der Waals surface area contributed by atoms with E-state index in [0.717, 1.165) is 58.5 Å². The maximum Gasteiger partial charge on any atom is 0.270 e. The van der Waals surface area contributed by atoms with Crippen LogP contribution in [-0.2, 0) is 17.7 Å². The average Bonchev–Trinajstić information content (AvgIpc) is 2.77. The zero-order valence-corrected chi connectivity index (χ0v) is 16.8. The smallest absolute Gasteiger partial charge is 0.270 e. The van der Waals surface area contributed by atoms with Gasteiger partial charge < -0.3 is 15.4 Å². The van der Waals surface area contributed by atoms with E-state index in [1.165, 1.54) is 17.5 Å². The third-order valence-electron chi connectivity index (χ3n) is 5.62. The van der Waals surface area contributed by atoms with Gasteiger partial charge in [0.25, 0.3) is 5.91 Å². The molecule has 154 valence electrons. The first-order chi connectivity index (χ1) is 14.3. The van der Waals surface area contributed by atoms with Gasteiger partial charge in [-0.25, -0.2) is 9.97 Å². The largest absolute Gasteiger partial charge is 0.381 e. The van der Waals surface area contributed by atoms with Crippen LogP contribution in [0.4, 0.5) is 5.82 Å². The molecule has 7 nitrogen and oxygen atoms in total. The molecule has 1 fully saturated rings. The summed E-state index contributed by atoms with van der Waals surface area (Å²) >= 11 is 0. The van der Waals surface area contributed by atoms with Crippen LogP contribution in [0.5, 0.6) is 0 Å². The van der Waals surface area contributed by atoms with Gasteiger partial charge in [-0.1, -0.05) is 24.3 Å². The van der Waals surface area contributed by atoms with Crippen LogP contribution in [0.3, 0.4) is 0 Å². The first-order valence-electron chi connectivity index (χ1n) is 10.5. The first-order valence-corrected chi connectivity index (χ1v) is 10.5. The molecule has 1 aromatic carbocycles. The number of carbonyl (C=O) groups is 1. The zero-order chi connectivity index (χ0) is 19.9. The van der Waals surface area contributed by atoms with Gasteiger partial charge in [-0.2, -0.15) is 0 Å². The van der Waals surface area contributed by atoms with Crippen molar-refractivity contribution >= 4 is 11.7 Å². The number of amides is 1. The summed E-state index contributed by atoms with van der Waals surface area (Å²) in [6, 6.07) is 10.7. The average molecular weight is 396 g/mol. The second-order valence-electron chi connectivity index (χ2n) is 7.72. The molecule has 1 amide bonds. The highest BCUT2D eigenvalue weighted by Gasteiger charge is 2.16. The number of nitrogens with one attached hydrogen (secondary N) is 2. The molecule has 0 atom stereocenters. The van der Waals surface area contributed by atoms with Crippen LogP contribution in [0.15, 0.2) is 36.7 Å². The minimum absolute atomic E-state index is 0.147. The Labute approximate surface area is 171 Å². The summed E-state index contributed by atoms with van der Waals surface area (Å²) in [5, 5.41) is 6.36. The third-order valence-corrected chi connectivity index (χ3v) is 5.62. The monoisotopic (exact) mass is 395 g/mol. The minimum Gasteiger partial charge on any atom is -0.381 e. The lowest BCUT2D eigenvalue weighted by Crippen LogP contribution is -2.34. The fourth-order valence-electron chi connectivity index (χ4n) is 3.95. The molecule has 29 heavy (non-hydrogen) atoms. The Bertz CT molecular complexity index is 822. The van der Waals surface area contributed by atoms with Crippen molar-refractivity contribution in [2.45, 2.75) is 38.3 Å². The molecule has 0 radical (unpaired) electrons. The number of hydrogen-bond acceptors (Lipinski definition) is 6. The van der Waals surface area contributed by atoms with Crippen molar-refractivity contribution < 1.29 is 9.53 Å². The summed E-state index contributed by atoms with van der Waals surface area (Å²) < 4.78 is 5.38. The molecular formula is C22H29N5O2. The minimum atomic E-state index is -0.147. The Hall–Kier alpha value is -2.51. The number of nitrogens with zero attached hydrogens (tertiary/aromatic N) is 3. The van der Waals surface area contributed by atoms with Gasteiger partial charge in [0.2, 0.25) is 0 Å². The molecule has 4 rings (SSSR count). The Balaban J connectivity index is 1.20. The van der Waals surface area contributed by atoms with Gasteiger partial charge >= 0.3 is 0 Å². The fraction of sp³-hybridized carbons (Fsp3) is 0.500. The van der Waals surface area contributed by atoms with Gasteiger partial charge in [0.15, 0.2) is 0 Å². The van der Waals surface area contributed by atoms with Crippen LogP contribution in [0, 0.1) is 0 Å². The quantitative estimate of drug-likeness (QED) is 0.700. The van der Waals surface area contributed by atoms with Crippen molar-refractivity contribution in [1.29, 1.82) is 0 Å². The molecule has 0 unspecified atom stereocenters. The Morgan fingerprint density at radius 3 is 2.86 bits per heavy atom. The van der Waals surface area contributed by atoms with Gasteiger partial charge in [-0.3, -0.25) is 9.69 Å². The van der Waals surface area contributed by atoms with E-state index in [1.54, 1.807) is 6.07 Å². The van der Waals surface area contributed by atoms with E-state index in [4.69, 9.17) is 4.74 Å². The molecule has 3 heterocycles. The maximum absolute atomic E-state index is 12.4. The van der Waals surface area contributed by atoms with Gasteiger partial charge in [0.05, 0.1) is 0 Å². The van der Waals surface area contributed by atoms with Crippen molar-refractivity contribution in [2.75, 3.05) is 38.2 Å². The molecule has 7 heteroatoms. The van der Waals surface area contributed by atoms with Gasteiger partial charge in [-0.15, -0.1) is 0 Å². The number of benzene rings is 1. The Morgan fingerprint density at radius 1 is 1.17 bits per heavy atom. The predicted octanol–water partition coefficient (Wildman–Crippen LogP) is 2.25. The molecular weight excluding hydrogens is 366 g/mol. The van der Waals surface area contributed by atoms with Crippen LogP contribution < -0.4 is 10.6 Å². The number of fused-ring (bicyclic) bond motifs is 1. The van der Waals surface area contributed by atoms with Gasteiger partial charge in [-0.05, 0) is 36.8 Å². The highest BCUT2D eigenvalue weighted by molar-refractivity contribution is 5.92. The summed E-state index contributed by atoms with van der Waals surface area (Å²) in [5.74, 6) is 0.551. The van der Waals surface area contributed by atoms with Crippen LogP contribution in [-0.4, -0.2) is 59.7 Å². The fourth-order valence-corrected chi connectivity index (χ4v) is 3.95. The molecule has 0 bridgehead atoms. The number of rotatable bonds is 7. The zero-order valence-electron chi connectivity index (χ0n) is 16.8. The Kier molecular flexibility index (Phi) is 6.69. The van der Waals surface area contributed by atoms with E-state index in [-0.39, 0.29) is 5.91 Å². The van der Waals surface area contributed by atoms with E-state index in [0.29, 0.717) is 24.1 Å². The van der Waals surface area contributed by atoms with Gasteiger partial charge in [0.1, 0.15) is 17.8 Å². The van der Waals surface area contributed by atoms with E-state index >= 15 is 0 Å². The highest BCUT2D eigenvalue weighted by Crippen LogP contribution is 2.18. The van der Waals surface area contributed by atoms with E-state index in [2.05, 4.69) is 49.8 Å². The lowest BCUT2D eigenvalue weighted by Gasteiger charge is -2.28. The summed E-state index contributed by atoms with van der Waals surface area (Å²) in [6.45, 7) is 5.23. The normalized spacial score (nSPS) is 17.5. The maximum atomic E-state index is 12.4. The second kappa shape index (κ2) is 9.80. The summed E-state index contributed by atoms with van der Waals surface area (Å²) in [4.78, 5) is 23.3. The Morgan fingerprint density at radius 2 is 2.00 bits per heavy atom. The topological polar surface area (TPSA) is 79.4 Å². The summed E-state index contributed by atoms with van der Waals surface area (Å²) in [5.41, 5.74) is 3.29. The lowest BCUT2D eigenvalue weighted by molar-refractivity contribution is 0.0903. The highest BCUT2D eigenvalue weighted by atomic mass is 16.5. The number of carbonyl (C=O) groups excluding carboxylic acids is 1. The van der Waals surface area contributed by atoms with Gasteiger partial charge in [0, 0.05) is 51.5 Å². The van der Waals surface area contributed by atoms with E-state index in [9.17, 15) is 4.79 Å². The molecule has 1 saturated heterocycles. The predicted molar refractivity (Wildman–Crippen MR) is 112 cm³/mol. The van der Waals surface area contributed by atoms with Crippen LogP contribution in [0.2, 0.25) is 0 Å². The third kappa shape index (κ3) is 5.52. The molecule has 1 aromatic heterocycles. The second-order valence-corrected chi connectivity index (χ2v) is 7.72. The molecule has 0 spiro atoms. The number of hydrogen-bond donors (Lipinski definition) is 2. The van der Waals surface area contributed by atoms with Crippen molar-refractivity contribution in [1.82, 2.24) is 20.2 Å². The van der Waals surface area contributed by atoms with Crippen molar-refractivity contribution in [3.63, 3.8) is 0 Å². The van der Waals surface area contributed by atoms with Crippen molar-refractivity contribution in [3.05, 3.63) is 53.5 Å². The van der Waals surface area contributed by atoms with Crippen LogP contribution in [0.25, 0.3) is 0 Å². The molecule has 2 aliphatic rings. The number of aromatic nitrogens is 2. The molecule has 2 N–H and O–H groups in total. The lowest BCUT2D eigenvalue weighted by atomic mass is 10.00. The standard InChI is InChI=1S/C22H29N5O2/c28-22(20-14-21(25-16-24-20)26-19-7-12-29-13-8-19)23-9-3-10-27-11-6-17-4-1-2-5-18(17)15-27/h1-2,4-5,14,16,19H,3,6-13,15H2,(H,23,28)(H,24,25,26). The summed E-state index contributed by atoms with van der Waals surface area (Å²) in [6.07, 6.45) is 5.37. The first kappa shape index (κ1) is 19.8.